The Morgan fingerprint density at radius 2 is 1.91 bits per heavy atom. The van der Waals surface area contributed by atoms with E-state index < -0.39 is 0 Å². The third-order valence-corrected chi connectivity index (χ3v) is 1.61. The Morgan fingerprint density at radius 1 is 1.18 bits per heavy atom. The average molecular weight is 146 g/mol. The predicted molar refractivity (Wildman–Crippen MR) is 44.2 cm³/mol. The molecule has 0 aromatic heterocycles. The highest BCUT2D eigenvalue weighted by Crippen LogP contribution is 2.02. The summed E-state index contributed by atoms with van der Waals surface area (Å²) >= 11 is 0. The van der Waals surface area contributed by atoms with Gasteiger partial charge in [-0.05, 0) is 18.4 Å². The molecule has 0 radical (unpaired) electrons. The van der Waals surface area contributed by atoms with Crippen LogP contribution in [0, 0.1) is 6.07 Å². The van der Waals surface area contributed by atoms with Crippen molar-refractivity contribution in [2.75, 3.05) is 0 Å². The molecule has 0 aliphatic carbocycles. The van der Waals surface area contributed by atoms with Crippen molar-refractivity contribution in [1.82, 2.24) is 0 Å². The molecule has 0 fully saturated rings. The van der Waals surface area contributed by atoms with E-state index in [4.69, 9.17) is 5.26 Å². The molecule has 0 atom stereocenters. The fourth-order valence-electron chi connectivity index (χ4n) is 1.03. The summed E-state index contributed by atoms with van der Waals surface area (Å²) in [5.41, 5.74) is 1.35. The molecule has 0 aliphatic rings. The van der Waals surface area contributed by atoms with Crippen LogP contribution in [-0.4, -0.2) is 0 Å². The van der Waals surface area contributed by atoms with E-state index in [1.165, 1.54) is 5.56 Å². The van der Waals surface area contributed by atoms with Crippen molar-refractivity contribution >= 4 is 0 Å². The third-order valence-electron chi connectivity index (χ3n) is 1.61. The van der Waals surface area contributed by atoms with Gasteiger partial charge in [-0.15, -0.1) is 5.26 Å². The smallest absolute Gasteiger partial charge is 0.102 e. The van der Waals surface area contributed by atoms with Crippen molar-refractivity contribution in [1.29, 1.82) is 0 Å². The molecule has 0 saturated carbocycles. The number of hydrogen-bond donors (Lipinski definition) is 1. The van der Waals surface area contributed by atoms with Gasteiger partial charge in [-0.3, -0.25) is 0 Å². The van der Waals surface area contributed by atoms with Crippen LogP contribution >= 0.6 is 0 Å². The van der Waals surface area contributed by atoms with Crippen molar-refractivity contribution in [3.8, 4) is 6.07 Å². The fraction of sp³-hybridized carbons (Fsp3) is 0.300. The summed E-state index contributed by atoms with van der Waals surface area (Å²) in [6.45, 7) is 0. The van der Waals surface area contributed by atoms with Gasteiger partial charge in [0.05, 0.1) is 6.42 Å². The van der Waals surface area contributed by atoms with Crippen molar-refractivity contribution < 1.29 is 5.26 Å². The van der Waals surface area contributed by atoms with E-state index in [9.17, 15) is 0 Å². The van der Waals surface area contributed by atoms with Gasteiger partial charge in [0.1, 0.15) is 0 Å². The van der Waals surface area contributed by atoms with Crippen LogP contribution in [0.15, 0.2) is 30.3 Å². The average Bonchev–Trinajstić information content (AvgIpc) is 2.07. The summed E-state index contributed by atoms with van der Waals surface area (Å²) in [4.78, 5) is 0. The summed E-state index contributed by atoms with van der Waals surface area (Å²) in [7, 11) is 0. The van der Waals surface area contributed by atoms with E-state index in [-0.39, 0.29) is 0 Å². The Hall–Kier alpha value is -1.29. The molecule has 0 heterocycles. The van der Waals surface area contributed by atoms with Gasteiger partial charge in [0.25, 0.3) is 6.07 Å². The minimum atomic E-state index is 0.773. The molecule has 11 heavy (non-hydrogen) atoms. The molecule has 1 nitrogen and oxygen atoms in total. The summed E-state index contributed by atoms with van der Waals surface area (Å²) in [6.07, 6.45) is 2.87. The lowest BCUT2D eigenvalue weighted by Crippen LogP contribution is -2.16. The first kappa shape index (κ1) is 7.81. The highest BCUT2D eigenvalue weighted by molar-refractivity contribution is 5.14. The molecule has 0 bridgehead atoms. The Balaban J connectivity index is 2.35. The van der Waals surface area contributed by atoms with Gasteiger partial charge in [0, 0.05) is 0 Å². The van der Waals surface area contributed by atoms with Crippen LogP contribution in [0.1, 0.15) is 18.4 Å². The van der Waals surface area contributed by atoms with Gasteiger partial charge in [-0.2, -0.15) is 0 Å². The maximum Gasteiger partial charge on any atom is 0.270 e. The lowest BCUT2D eigenvalue weighted by Gasteiger charge is -1.94. The van der Waals surface area contributed by atoms with E-state index in [1.54, 1.807) is 0 Å². The minimum Gasteiger partial charge on any atom is -0.102 e. The monoisotopic (exact) mass is 146 g/mol. The quantitative estimate of drug-likeness (QED) is 0.609. The molecule has 1 heteroatoms. The van der Waals surface area contributed by atoms with Crippen molar-refractivity contribution in [2.24, 2.45) is 0 Å². The molecule has 0 aliphatic heterocycles. The van der Waals surface area contributed by atoms with Crippen LogP contribution in [0.4, 0.5) is 0 Å². The molecule has 1 aromatic rings. The molecule has 0 saturated heterocycles. The number of unbranched alkanes of at least 4 members (excludes halogenated alkanes) is 1. The molecule has 1 rings (SSSR count). The van der Waals surface area contributed by atoms with E-state index in [0.29, 0.717) is 0 Å². The Kier molecular flexibility index (Phi) is 3.21. The van der Waals surface area contributed by atoms with Crippen LogP contribution in [0.25, 0.3) is 0 Å². The largest absolute Gasteiger partial charge is 0.270 e. The number of nitrogens with one attached hydrogen (secondary N) is 1. The van der Waals surface area contributed by atoms with Crippen molar-refractivity contribution in [2.45, 2.75) is 19.3 Å². The standard InChI is InChI=1S/C10H11N/c11-9-5-4-8-10-6-2-1-3-7-10/h1-3,6-7H,4-5,8H2/p+1. The van der Waals surface area contributed by atoms with Gasteiger partial charge in [0.15, 0.2) is 0 Å². The van der Waals surface area contributed by atoms with Gasteiger partial charge in [0.2, 0.25) is 0 Å². The zero-order valence-electron chi connectivity index (χ0n) is 6.51. The molecule has 0 unspecified atom stereocenters. The number of aryl methyl sites for hydroxylation is 1. The Labute approximate surface area is 67.3 Å². The zero-order chi connectivity index (χ0) is 7.94. The minimum absolute atomic E-state index is 0.773. The Morgan fingerprint density at radius 3 is 2.55 bits per heavy atom. The van der Waals surface area contributed by atoms with Gasteiger partial charge < -0.3 is 0 Å². The first-order chi connectivity index (χ1) is 5.43. The van der Waals surface area contributed by atoms with Crippen molar-refractivity contribution in [3.05, 3.63) is 35.9 Å². The predicted octanol–water partition coefficient (Wildman–Crippen LogP) is 0.782. The van der Waals surface area contributed by atoms with Gasteiger partial charge in [-0.1, -0.05) is 30.3 Å². The fourth-order valence-corrected chi connectivity index (χ4v) is 1.03. The highest BCUT2D eigenvalue weighted by atomic mass is 14.2. The van der Waals surface area contributed by atoms with E-state index in [2.05, 4.69) is 18.2 Å². The van der Waals surface area contributed by atoms with Crippen LogP contribution in [0.2, 0.25) is 0 Å². The van der Waals surface area contributed by atoms with E-state index in [0.717, 1.165) is 19.3 Å². The third kappa shape index (κ3) is 2.86. The van der Waals surface area contributed by atoms with E-state index in [1.807, 2.05) is 18.2 Å². The second-order valence-corrected chi connectivity index (χ2v) is 2.52. The maximum absolute atomic E-state index is 6.72. The molecule has 56 valence electrons. The SMILES string of the molecule is [NH+]#CCCCc1ccccc1. The summed E-state index contributed by atoms with van der Waals surface area (Å²) in [5.74, 6) is 0. The van der Waals surface area contributed by atoms with Crippen LogP contribution in [0.5, 0.6) is 0 Å². The topological polar surface area (TPSA) is 23.8 Å². The normalized spacial score (nSPS) is 9.00. The van der Waals surface area contributed by atoms with Gasteiger partial charge >= 0.3 is 0 Å². The van der Waals surface area contributed by atoms with Crippen molar-refractivity contribution in [3.63, 3.8) is 0 Å². The molecule has 1 aromatic carbocycles. The number of benzene rings is 1. The first-order valence-corrected chi connectivity index (χ1v) is 3.87. The van der Waals surface area contributed by atoms with Crippen LogP contribution < -0.4 is 5.26 Å². The summed E-state index contributed by atoms with van der Waals surface area (Å²) < 4.78 is 0. The second-order valence-electron chi connectivity index (χ2n) is 2.52. The van der Waals surface area contributed by atoms with Gasteiger partial charge in [-0.25, -0.2) is 0 Å². The molecule has 0 amide bonds. The zero-order valence-corrected chi connectivity index (χ0v) is 6.51. The number of hydrogen-bond acceptors (Lipinski definition) is 0. The molecular formula is C10H12N+. The lowest BCUT2D eigenvalue weighted by molar-refractivity contribution is -0.0947. The first-order valence-electron chi connectivity index (χ1n) is 3.87. The highest BCUT2D eigenvalue weighted by Gasteiger charge is 1.91. The van der Waals surface area contributed by atoms with E-state index >= 15 is 0 Å². The summed E-state index contributed by atoms with van der Waals surface area (Å²) in [6, 6.07) is 12.7. The molecule has 1 N–H and O–H groups in total. The summed E-state index contributed by atoms with van der Waals surface area (Å²) in [5, 5.41) is 6.72. The molecule has 0 spiro atoms. The lowest BCUT2D eigenvalue weighted by atomic mass is 10.1. The Bertz CT molecular complexity index is 233. The van der Waals surface area contributed by atoms with Crippen LogP contribution in [0.3, 0.4) is 0 Å². The van der Waals surface area contributed by atoms with Crippen LogP contribution in [-0.2, 0) is 6.42 Å². The number of rotatable bonds is 3. The maximum atomic E-state index is 6.72. The second kappa shape index (κ2) is 4.51. The molecular weight excluding hydrogens is 134 g/mol.